The zero-order chi connectivity index (χ0) is 30.6. The number of hydrogen-bond acceptors (Lipinski definition) is 5. The van der Waals surface area contributed by atoms with E-state index >= 15 is 4.57 Å². The molecule has 7 heteroatoms. The Balaban J connectivity index is 1.49. The highest BCUT2D eigenvalue weighted by atomic mass is 31.2. The summed E-state index contributed by atoms with van der Waals surface area (Å²) < 4.78 is 29.3. The Hall–Kier alpha value is -4.93. The van der Waals surface area contributed by atoms with Crippen molar-refractivity contribution in [2.75, 3.05) is 7.11 Å². The lowest BCUT2D eigenvalue weighted by Crippen LogP contribution is -2.50. The predicted molar refractivity (Wildman–Crippen MR) is 175 cm³/mol. The molecule has 0 amide bonds. The van der Waals surface area contributed by atoms with E-state index in [4.69, 9.17) is 14.5 Å². The molecule has 220 valence electrons. The fourth-order valence-electron chi connectivity index (χ4n) is 5.83. The minimum Gasteiger partial charge on any atom is -0.497 e. The van der Waals surface area contributed by atoms with Crippen molar-refractivity contribution >= 4 is 30.2 Å². The van der Waals surface area contributed by atoms with Gasteiger partial charge in [0.05, 0.1) is 13.4 Å². The normalized spacial score (nSPS) is 17.9. The molecular weight excluding hydrogens is 567 g/mol. The SMILES string of the molecule is COc1cccc([C@]2(C)[C@H](C(=O)OC(c3ccccc3)c3ccccc3)N=CN2P(=O)(c2ccccc2)c2ccccc2)c1. The van der Waals surface area contributed by atoms with Gasteiger partial charge < -0.3 is 9.47 Å². The molecule has 1 aliphatic heterocycles. The van der Waals surface area contributed by atoms with E-state index in [9.17, 15) is 4.79 Å². The van der Waals surface area contributed by atoms with E-state index < -0.39 is 30.9 Å². The van der Waals surface area contributed by atoms with Gasteiger partial charge in [0.1, 0.15) is 11.3 Å². The van der Waals surface area contributed by atoms with E-state index in [-0.39, 0.29) is 0 Å². The second-order valence-corrected chi connectivity index (χ2v) is 13.4. The van der Waals surface area contributed by atoms with E-state index in [1.165, 1.54) is 0 Å². The molecule has 0 saturated carbocycles. The highest BCUT2D eigenvalue weighted by Crippen LogP contribution is 2.57. The molecule has 5 aromatic rings. The molecule has 0 fully saturated rings. The van der Waals surface area contributed by atoms with Gasteiger partial charge in [0.25, 0.3) is 0 Å². The first-order valence-corrected chi connectivity index (χ1v) is 16.1. The van der Waals surface area contributed by atoms with Crippen LogP contribution in [0.2, 0.25) is 0 Å². The average Bonchev–Trinajstić information content (AvgIpc) is 3.46. The van der Waals surface area contributed by atoms with Crippen LogP contribution in [-0.2, 0) is 19.6 Å². The summed E-state index contributed by atoms with van der Waals surface area (Å²) in [7, 11) is -1.98. The molecule has 0 aromatic heterocycles. The molecule has 6 rings (SSSR count). The Morgan fingerprint density at radius 3 is 1.75 bits per heavy atom. The fourth-order valence-corrected chi connectivity index (χ4v) is 8.79. The van der Waals surface area contributed by atoms with Crippen molar-refractivity contribution in [3.8, 4) is 5.75 Å². The maximum atomic E-state index is 15.6. The summed E-state index contributed by atoms with van der Waals surface area (Å²) in [6.07, 6.45) is 0.908. The number of methoxy groups -OCH3 is 1. The number of aliphatic imine (C=N–C) groups is 1. The molecular formula is C37H33N2O4P. The minimum atomic E-state index is -3.57. The second kappa shape index (κ2) is 12.4. The lowest BCUT2D eigenvalue weighted by Gasteiger charge is -2.43. The van der Waals surface area contributed by atoms with E-state index in [1.54, 1.807) is 18.1 Å². The van der Waals surface area contributed by atoms with Crippen molar-refractivity contribution in [3.05, 3.63) is 162 Å². The third kappa shape index (κ3) is 5.23. The summed E-state index contributed by atoms with van der Waals surface area (Å²) in [5.74, 6) is 0.0860. The molecule has 1 aliphatic rings. The Kier molecular flexibility index (Phi) is 8.19. The van der Waals surface area contributed by atoms with Gasteiger partial charge in [0, 0.05) is 10.6 Å². The molecule has 2 atom stereocenters. The van der Waals surface area contributed by atoms with Crippen LogP contribution in [0.25, 0.3) is 0 Å². The van der Waals surface area contributed by atoms with Crippen LogP contribution in [0.4, 0.5) is 0 Å². The summed E-state index contributed by atoms with van der Waals surface area (Å²) >= 11 is 0. The predicted octanol–water partition coefficient (Wildman–Crippen LogP) is 6.88. The number of benzene rings is 5. The first kappa shape index (κ1) is 29.2. The van der Waals surface area contributed by atoms with Gasteiger partial charge in [-0.2, -0.15) is 0 Å². The van der Waals surface area contributed by atoms with Gasteiger partial charge >= 0.3 is 5.97 Å². The standard InChI is InChI=1S/C37H33N2O4P/c1-37(30-20-15-21-31(26-30)42-2)35(36(40)43-34(28-16-7-3-8-17-28)29-18-9-4-10-19-29)38-27-39(37)44(41,32-22-11-5-12-23-32)33-24-13-6-14-25-33/h3-27,34-35H,1-2H3/t35-,37+/m0/s1. The van der Waals surface area contributed by atoms with Crippen molar-refractivity contribution in [2.45, 2.75) is 24.6 Å². The molecule has 0 bridgehead atoms. The van der Waals surface area contributed by atoms with Crippen LogP contribution in [-0.4, -0.2) is 30.1 Å². The Labute approximate surface area is 258 Å². The van der Waals surface area contributed by atoms with Crippen molar-refractivity contribution in [2.24, 2.45) is 4.99 Å². The highest BCUT2D eigenvalue weighted by Gasteiger charge is 2.56. The van der Waals surface area contributed by atoms with E-state index in [0.29, 0.717) is 16.4 Å². The van der Waals surface area contributed by atoms with Crippen molar-refractivity contribution < 1.29 is 18.8 Å². The zero-order valence-electron chi connectivity index (χ0n) is 24.6. The second-order valence-electron chi connectivity index (χ2n) is 10.8. The highest BCUT2D eigenvalue weighted by molar-refractivity contribution is 7.77. The number of carbonyl (C=O) groups is 1. The number of hydrogen-bond donors (Lipinski definition) is 0. The Morgan fingerprint density at radius 2 is 1.25 bits per heavy atom. The zero-order valence-corrected chi connectivity index (χ0v) is 25.5. The number of carbonyl (C=O) groups excluding carboxylic acids is 1. The quantitative estimate of drug-likeness (QED) is 0.136. The maximum Gasteiger partial charge on any atom is 0.334 e. The van der Waals surface area contributed by atoms with E-state index in [1.807, 2.05) is 153 Å². The molecule has 44 heavy (non-hydrogen) atoms. The van der Waals surface area contributed by atoms with Crippen molar-refractivity contribution in [3.63, 3.8) is 0 Å². The Bertz CT molecular complexity index is 1720. The third-order valence-electron chi connectivity index (χ3n) is 8.17. The number of ether oxygens (including phenoxy) is 2. The smallest absolute Gasteiger partial charge is 0.334 e. The summed E-state index contributed by atoms with van der Waals surface area (Å²) in [6.45, 7) is 1.90. The van der Waals surface area contributed by atoms with Crippen molar-refractivity contribution in [1.82, 2.24) is 4.67 Å². The lowest BCUT2D eigenvalue weighted by molar-refractivity contribution is -0.151. The summed E-state index contributed by atoms with van der Waals surface area (Å²) in [5.41, 5.74) is 1.20. The monoisotopic (exact) mass is 600 g/mol. The molecule has 0 radical (unpaired) electrons. The third-order valence-corrected chi connectivity index (χ3v) is 11.3. The van der Waals surface area contributed by atoms with Crippen LogP contribution in [0.3, 0.4) is 0 Å². The van der Waals surface area contributed by atoms with Crippen LogP contribution in [0.15, 0.2) is 151 Å². The summed E-state index contributed by atoms with van der Waals surface area (Å²) in [6, 6.07) is 44.5. The molecule has 0 spiro atoms. The topological polar surface area (TPSA) is 68.2 Å². The minimum absolute atomic E-state index is 0.528. The van der Waals surface area contributed by atoms with Gasteiger partial charge in [-0.3, -0.25) is 14.2 Å². The van der Waals surface area contributed by atoms with Gasteiger partial charge in [-0.1, -0.05) is 109 Å². The fraction of sp³-hybridized carbons (Fsp3) is 0.135. The average molecular weight is 601 g/mol. The number of rotatable bonds is 9. The number of nitrogens with zero attached hydrogens (tertiary/aromatic N) is 2. The van der Waals surface area contributed by atoms with E-state index in [0.717, 1.165) is 16.7 Å². The van der Waals surface area contributed by atoms with E-state index in [2.05, 4.69) is 0 Å². The van der Waals surface area contributed by atoms with Crippen LogP contribution in [0.1, 0.15) is 29.7 Å². The number of esters is 1. The van der Waals surface area contributed by atoms with Gasteiger partial charge in [-0.15, -0.1) is 0 Å². The molecule has 0 saturated heterocycles. The first-order valence-electron chi connectivity index (χ1n) is 14.5. The van der Waals surface area contributed by atoms with Crippen LogP contribution in [0.5, 0.6) is 5.75 Å². The molecule has 0 unspecified atom stereocenters. The molecule has 6 nitrogen and oxygen atoms in total. The van der Waals surface area contributed by atoms with Crippen LogP contribution < -0.4 is 15.3 Å². The largest absolute Gasteiger partial charge is 0.497 e. The molecule has 5 aromatic carbocycles. The first-order chi connectivity index (χ1) is 21.5. The maximum absolute atomic E-state index is 15.6. The summed E-state index contributed by atoms with van der Waals surface area (Å²) in [4.78, 5) is 19.2. The molecule has 0 aliphatic carbocycles. The van der Waals surface area contributed by atoms with Gasteiger partial charge in [0.15, 0.2) is 12.1 Å². The van der Waals surface area contributed by atoms with Gasteiger partial charge in [0.2, 0.25) is 7.29 Å². The molecule has 1 heterocycles. The summed E-state index contributed by atoms with van der Waals surface area (Å²) in [5, 5.41) is 1.26. The molecule has 0 N–H and O–H groups in total. The van der Waals surface area contributed by atoms with Crippen LogP contribution >= 0.6 is 7.29 Å². The van der Waals surface area contributed by atoms with Crippen LogP contribution in [0, 0.1) is 0 Å². The lowest BCUT2D eigenvalue weighted by atomic mass is 9.85. The van der Waals surface area contributed by atoms with Gasteiger partial charge in [-0.25, -0.2) is 4.79 Å². The Morgan fingerprint density at radius 1 is 0.750 bits per heavy atom. The van der Waals surface area contributed by atoms with Crippen molar-refractivity contribution in [1.29, 1.82) is 0 Å². The van der Waals surface area contributed by atoms with Gasteiger partial charge in [-0.05, 0) is 60.0 Å².